The van der Waals surface area contributed by atoms with Crippen LogP contribution in [0.15, 0.2) is 17.6 Å². The van der Waals surface area contributed by atoms with Crippen LogP contribution in [0.4, 0.5) is 0 Å². The van der Waals surface area contributed by atoms with Crippen LogP contribution >= 0.6 is 10.7 Å². The Kier molecular flexibility index (Phi) is 4.75. The van der Waals surface area contributed by atoms with Gasteiger partial charge in [0.2, 0.25) is 5.91 Å². The summed E-state index contributed by atoms with van der Waals surface area (Å²) in [7, 11) is 1.30. The Morgan fingerprint density at radius 1 is 1.56 bits per heavy atom. The zero-order valence-electron chi connectivity index (χ0n) is 10.4. The number of nitrogens with zero attached hydrogens (tertiary/aromatic N) is 2. The normalized spacial score (nSPS) is 15.1. The number of imidazole rings is 1. The summed E-state index contributed by atoms with van der Waals surface area (Å²) in [5, 5.41) is 2.55. The predicted octanol–water partition coefficient (Wildman–Crippen LogP) is 1.29. The molecule has 1 N–H and O–H groups in total. The maximum atomic E-state index is 11.8. The van der Waals surface area contributed by atoms with Crippen LogP contribution in [-0.2, 0) is 13.8 Å². The second kappa shape index (κ2) is 5.71. The summed E-state index contributed by atoms with van der Waals surface area (Å²) >= 11 is 0. The van der Waals surface area contributed by atoms with Crippen LogP contribution in [0.1, 0.15) is 33.2 Å². The second-order valence-electron chi connectivity index (χ2n) is 4.09. The van der Waals surface area contributed by atoms with E-state index in [1.165, 1.54) is 17.1 Å². The van der Waals surface area contributed by atoms with Crippen molar-refractivity contribution in [3.05, 3.63) is 12.5 Å². The maximum Gasteiger partial charge on any atom is 0.280 e. The molecule has 1 aromatic rings. The average Bonchev–Trinajstić information content (AvgIpc) is 2.76. The van der Waals surface area contributed by atoms with E-state index < -0.39 is 15.1 Å². The third-order valence-corrected chi connectivity index (χ3v) is 3.84. The molecule has 0 fully saturated rings. The topological polar surface area (TPSA) is 81.1 Å². The SMILES string of the molecule is CCC(C)NC(=O)C(C)n1cnc(S(=O)(=O)Cl)c1. The highest BCUT2D eigenvalue weighted by Gasteiger charge is 2.20. The molecule has 1 rings (SSSR count). The van der Waals surface area contributed by atoms with Crippen molar-refractivity contribution in [3.8, 4) is 0 Å². The highest BCUT2D eigenvalue weighted by atomic mass is 35.7. The quantitative estimate of drug-likeness (QED) is 0.829. The molecule has 2 atom stereocenters. The fourth-order valence-electron chi connectivity index (χ4n) is 1.26. The fraction of sp³-hybridized carbons (Fsp3) is 0.600. The third-order valence-electron chi connectivity index (χ3n) is 2.66. The lowest BCUT2D eigenvalue weighted by Gasteiger charge is -2.16. The maximum absolute atomic E-state index is 11.8. The van der Waals surface area contributed by atoms with Gasteiger partial charge in [-0.3, -0.25) is 4.79 Å². The van der Waals surface area contributed by atoms with Crippen molar-refractivity contribution >= 4 is 25.6 Å². The molecular weight excluding hydrogens is 278 g/mol. The number of hydrogen-bond acceptors (Lipinski definition) is 4. The van der Waals surface area contributed by atoms with E-state index in [-0.39, 0.29) is 17.0 Å². The van der Waals surface area contributed by atoms with Crippen molar-refractivity contribution < 1.29 is 13.2 Å². The van der Waals surface area contributed by atoms with Crippen molar-refractivity contribution in [2.24, 2.45) is 0 Å². The van der Waals surface area contributed by atoms with Gasteiger partial charge in [-0.25, -0.2) is 13.4 Å². The van der Waals surface area contributed by atoms with Crippen molar-refractivity contribution in [2.45, 2.75) is 44.3 Å². The largest absolute Gasteiger partial charge is 0.352 e. The van der Waals surface area contributed by atoms with E-state index in [1.807, 2.05) is 13.8 Å². The zero-order chi connectivity index (χ0) is 13.9. The van der Waals surface area contributed by atoms with Crippen molar-refractivity contribution in [1.29, 1.82) is 0 Å². The van der Waals surface area contributed by atoms with Crippen LogP contribution in [0.25, 0.3) is 0 Å². The summed E-state index contributed by atoms with van der Waals surface area (Å²) in [6.07, 6.45) is 3.34. The molecule has 0 saturated heterocycles. The molecule has 1 heterocycles. The first-order valence-corrected chi connectivity index (χ1v) is 7.85. The van der Waals surface area contributed by atoms with Crippen molar-refractivity contribution in [2.75, 3.05) is 0 Å². The summed E-state index contributed by atoms with van der Waals surface area (Å²) in [4.78, 5) is 15.5. The molecule has 0 aliphatic heterocycles. The van der Waals surface area contributed by atoms with Gasteiger partial charge in [-0.2, -0.15) is 0 Å². The number of aromatic nitrogens is 2. The van der Waals surface area contributed by atoms with E-state index in [0.717, 1.165) is 6.42 Å². The van der Waals surface area contributed by atoms with Gasteiger partial charge in [0, 0.05) is 22.9 Å². The number of halogens is 1. The molecule has 0 aliphatic carbocycles. The Labute approximate surface area is 111 Å². The number of rotatable bonds is 5. The van der Waals surface area contributed by atoms with E-state index in [9.17, 15) is 13.2 Å². The summed E-state index contributed by atoms with van der Waals surface area (Å²) in [6, 6.07) is -0.474. The first-order chi connectivity index (χ1) is 8.25. The Bertz CT molecular complexity index is 526. The molecule has 8 heteroatoms. The van der Waals surface area contributed by atoms with Gasteiger partial charge >= 0.3 is 0 Å². The minimum absolute atomic E-state index is 0.0692. The lowest BCUT2D eigenvalue weighted by molar-refractivity contribution is -0.124. The van der Waals surface area contributed by atoms with Crippen LogP contribution in [0.3, 0.4) is 0 Å². The molecule has 0 aliphatic rings. The number of amides is 1. The van der Waals surface area contributed by atoms with Crippen LogP contribution in [0, 0.1) is 0 Å². The van der Waals surface area contributed by atoms with Gasteiger partial charge in [0.15, 0.2) is 5.03 Å². The van der Waals surface area contributed by atoms with Crippen LogP contribution < -0.4 is 5.32 Å². The van der Waals surface area contributed by atoms with Gasteiger partial charge in [-0.05, 0) is 20.3 Å². The lowest BCUT2D eigenvalue weighted by atomic mass is 10.2. The number of nitrogens with one attached hydrogen (secondary N) is 1. The van der Waals surface area contributed by atoms with E-state index >= 15 is 0 Å². The first-order valence-electron chi connectivity index (χ1n) is 5.54. The number of carbonyl (C=O) groups excluding carboxylic acids is 1. The van der Waals surface area contributed by atoms with Crippen LogP contribution in [0.5, 0.6) is 0 Å². The minimum Gasteiger partial charge on any atom is -0.352 e. The van der Waals surface area contributed by atoms with Crippen LogP contribution in [0.2, 0.25) is 0 Å². The molecule has 0 aromatic carbocycles. The Hall–Kier alpha value is -1.08. The Balaban J connectivity index is 2.82. The van der Waals surface area contributed by atoms with Gasteiger partial charge < -0.3 is 9.88 Å². The highest BCUT2D eigenvalue weighted by molar-refractivity contribution is 8.13. The summed E-state index contributed by atoms with van der Waals surface area (Å²) in [5.41, 5.74) is 0. The molecule has 18 heavy (non-hydrogen) atoms. The summed E-state index contributed by atoms with van der Waals surface area (Å²) in [6.45, 7) is 5.52. The molecule has 0 saturated carbocycles. The highest BCUT2D eigenvalue weighted by Crippen LogP contribution is 2.15. The van der Waals surface area contributed by atoms with Gasteiger partial charge in [-0.15, -0.1) is 0 Å². The van der Waals surface area contributed by atoms with Gasteiger partial charge in [-0.1, -0.05) is 6.92 Å². The van der Waals surface area contributed by atoms with E-state index in [2.05, 4.69) is 10.3 Å². The zero-order valence-corrected chi connectivity index (χ0v) is 12.0. The first kappa shape index (κ1) is 15.0. The fourth-order valence-corrected chi connectivity index (χ4v) is 1.92. The van der Waals surface area contributed by atoms with Crippen molar-refractivity contribution in [3.63, 3.8) is 0 Å². The van der Waals surface area contributed by atoms with Gasteiger partial charge in [0.25, 0.3) is 9.05 Å². The molecule has 1 amide bonds. The minimum atomic E-state index is -3.86. The number of hydrogen-bond donors (Lipinski definition) is 1. The van der Waals surface area contributed by atoms with E-state index in [1.54, 1.807) is 6.92 Å². The molecule has 102 valence electrons. The average molecular weight is 294 g/mol. The third kappa shape index (κ3) is 3.71. The second-order valence-corrected chi connectivity index (χ2v) is 6.60. The Morgan fingerprint density at radius 3 is 2.61 bits per heavy atom. The molecule has 0 bridgehead atoms. The molecule has 1 aromatic heterocycles. The van der Waals surface area contributed by atoms with Gasteiger partial charge in [0.1, 0.15) is 6.04 Å². The monoisotopic (exact) mass is 293 g/mol. The summed E-state index contributed by atoms with van der Waals surface area (Å²) in [5.74, 6) is -0.194. The molecule has 0 spiro atoms. The van der Waals surface area contributed by atoms with Gasteiger partial charge in [0.05, 0.1) is 6.33 Å². The predicted molar refractivity (Wildman–Crippen MR) is 67.9 cm³/mol. The smallest absolute Gasteiger partial charge is 0.280 e. The van der Waals surface area contributed by atoms with Crippen LogP contribution in [-0.4, -0.2) is 29.9 Å². The lowest BCUT2D eigenvalue weighted by Crippen LogP contribution is -2.36. The molecule has 2 unspecified atom stereocenters. The standard InChI is InChI=1S/C10H16ClN3O3S/c1-4-7(2)13-10(15)8(3)14-5-9(12-6-14)18(11,16)17/h5-8H,4H2,1-3H3,(H,13,15). The Morgan fingerprint density at radius 2 is 2.17 bits per heavy atom. The summed E-state index contributed by atoms with van der Waals surface area (Å²) < 4.78 is 23.5. The van der Waals surface area contributed by atoms with Crippen molar-refractivity contribution in [1.82, 2.24) is 14.9 Å². The van der Waals surface area contributed by atoms with E-state index in [0.29, 0.717) is 0 Å². The molecule has 0 radical (unpaired) electrons. The molecule has 6 nitrogen and oxygen atoms in total. The number of carbonyl (C=O) groups is 1. The molecular formula is C10H16ClN3O3S. The van der Waals surface area contributed by atoms with E-state index in [4.69, 9.17) is 10.7 Å².